The molecule has 0 aromatic heterocycles. The smallest absolute Gasteiger partial charge is 0.238 e. The molecule has 1 aliphatic rings. The van der Waals surface area contributed by atoms with Crippen molar-refractivity contribution in [1.82, 2.24) is 4.90 Å². The van der Waals surface area contributed by atoms with E-state index in [1.54, 1.807) is 0 Å². The summed E-state index contributed by atoms with van der Waals surface area (Å²) < 4.78 is 0. The number of hydrogen-bond acceptors (Lipinski definition) is 2. The Bertz CT molecular complexity index is 464. The molecule has 0 aliphatic heterocycles. The largest absolute Gasteiger partial charge is 0.325 e. The van der Waals surface area contributed by atoms with Crippen LogP contribution in [-0.2, 0) is 4.79 Å². The molecule has 3 nitrogen and oxygen atoms in total. The lowest BCUT2D eigenvalue weighted by Gasteiger charge is -2.30. The van der Waals surface area contributed by atoms with E-state index in [4.69, 9.17) is 0 Å². The summed E-state index contributed by atoms with van der Waals surface area (Å²) in [4.78, 5) is 14.4. The molecule has 0 saturated heterocycles. The summed E-state index contributed by atoms with van der Waals surface area (Å²) >= 11 is 0. The van der Waals surface area contributed by atoms with Gasteiger partial charge in [-0.1, -0.05) is 31.4 Å². The van der Waals surface area contributed by atoms with Crippen molar-refractivity contribution >= 4 is 11.6 Å². The van der Waals surface area contributed by atoms with Gasteiger partial charge in [0.1, 0.15) is 0 Å². The average Bonchev–Trinajstić information content (AvgIpc) is 2.43. The first kappa shape index (κ1) is 15.0. The number of carbonyl (C=O) groups excluding carboxylic acids is 1. The van der Waals surface area contributed by atoms with Crippen molar-refractivity contribution in [3.63, 3.8) is 0 Å². The van der Waals surface area contributed by atoms with E-state index in [0.29, 0.717) is 12.6 Å². The quantitative estimate of drug-likeness (QED) is 0.911. The van der Waals surface area contributed by atoms with E-state index in [1.807, 2.05) is 19.9 Å². The van der Waals surface area contributed by atoms with E-state index in [2.05, 4.69) is 29.4 Å². The lowest BCUT2D eigenvalue weighted by atomic mass is 9.94. The zero-order valence-electron chi connectivity index (χ0n) is 12.9. The number of nitrogens with one attached hydrogen (secondary N) is 1. The van der Waals surface area contributed by atoms with Gasteiger partial charge >= 0.3 is 0 Å². The highest BCUT2D eigenvalue weighted by atomic mass is 16.2. The van der Waals surface area contributed by atoms with Gasteiger partial charge in [0.25, 0.3) is 0 Å². The van der Waals surface area contributed by atoms with Gasteiger partial charge in [-0.2, -0.15) is 0 Å². The minimum Gasteiger partial charge on any atom is -0.325 e. The molecule has 110 valence electrons. The third kappa shape index (κ3) is 4.07. The lowest BCUT2D eigenvalue weighted by molar-refractivity contribution is -0.117. The second-order valence-electron chi connectivity index (χ2n) is 6.07. The lowest BCUT2D eigenvalue weighted by Crippen LogP contribution is -2.39. The van der Waals surface area contributed by atoms with Gasteiger partial charge in [-0.25, -0.2) is 0 Å². The van der Waals surface area contributed by atoms with Gasteiger partial charge in [0.15, 0.2) is 0 Å². The zero-order chi connectivity index (χ0) is 14.5. The molecular formula is C17H26N2O. The van der Waals surface area contributed by atoms with Crippen molar-refractivity contribution in [3.8, 4) is 0 Å². The van der Waals surface area contributed by atoms with Crippen molar-refractivity contribution in [2.24, 2.45) is 0 Å². The fourth-order valence-corrected chi connectivity index (χ4v) is 2.94. The van der Waals surface area contributed by atoms with Gasteiger partial charge in [0.05, 0.1) is 6.54 Å². The molecule has 20 heavy (non-hydrogen) atoms. The second-order valence-corrected chi connectivity index (χ2v) is 6.07. The number of likely N-dealkylation sites (N-methyl/N-ethyl adjacent to an activating group) is 1. The number of amides is 1. The first-order valence-electron chi connectivity index (χ1n) is 7.63. The molecule has 1 aliphatic carbocycles. The Balaban J connectivity index is 1.89. The van der Waals surface area contributed by atoms with Gasteiger partial charge in [0.2, 0.25) is 5.91 Å². The summed E-state index contributed by atoms with van der Waals surface area (Å²) in [6.07, 6.45) is 6.40. The van der Waals surface area contributed by atoms with Gasteiger partial charge in [-0.15, -0.1) is 0 Å². The highest BCUT2D eigenvalue weighted by molar-refractivity contribution is 5.93. The normalized spacial score (nSPS) is 16.4. The minimum absolute atomic E-state index is 0.0896. The van der Waals surface area contributed by atoms with Crippen LogP contribution < -0.4 is 5.32 Å². The maximum Gasteiger partial charge on any atom is 0.238 e. The molecule has 0 heterocycles. The van der Waals surface area contributed by atoms with Crippen LogP contribution in [0.2, 0.25) is 0 Å². The third-order valence-corrected chi connectivity index (χ3v) is 4.26. The highest BCUT2D eigenvalue weighted by Gasteiger charge is 2.19. The van der Waals surface area contributed by atoms with Crippen LogP contribution in [0.5, 0.6) is 0 Å². The maximum absolute atomic E-state index is 12.2. The van der Waals surface area contributed by atoms with Gasteiger partial charge in [-0.3, -0.25) is 9.69 Å². The van der Waals surface area contributed by atoms with E-state index in [1.165, 1.54) is 37.7 Å². The summed E-state index contributed by atoms with van der Waals surface area (Å²) in [6.45, 7) is 4.56. The first-order chi connectivity index (χ1) is 9.56. The topological polar surface area (TPSA) is 32.3 Å². The Morgan fingerprint density at radius 3 is 2.65 bits per heavy atom. The summed E-state index contributed by atoms with van der Waals surface area (Å²) in [7, 11) is 2.07. The van der Waals surface area contributed by atoms with Gasteiger partial charge in [0, 0.05) is 11.7 Å². The molecule has 1 amide bonds. The highest BCUT2D eigenvalue weighted by Crippen LogP contribution is 2.21. The van der Waals surface area contributed by atoms with Crippen LogP contribution in [0, 0.1) is 13.8 Å². The standard InChI is InChI=1S/C17H26N2O/c1-13-9-10-14(2)16(11-13)18-17(20)12-19(3)15-7-5-4-6-8-15/h9-11,15H,4-8,12H2,1-3H3,(H,18,20). The Kier molecular flexibility index (Phi) is 5.18. The van der Waals surface area contributed by atoms with Crippen LogP contribution in [0.3, 0.4) is 0 Å². The fourth-order valence-electron chi connectivity index (χ4n) is 2.94. The second kappa shape index (κ2) is 6.89. The number of nitrogens with zero attached hydrogens (tertiary/aromatic N) is 1. The number of anilines is 1. The minimum atomic E-state index is 0.0896. The maximum atomic E-state index is 12.2. The van der Waals surface area contributed by atoms with Crippen LogP contribution in [-0.4, -0.2) is 30.4 Å². The molecule has 0 radical (unpaired) electrons. The van der Waals surface area contributed by atoms with Crippen molar-refractivity contribution in [1.29, 1.82) is 0 Å². The summed E-state index contributed by atoms with van der Waals surface area (Å²) in [5, 5.41) is 3.04. The van der Waals surface area contributed by atoms with Crippen molar-refractivity contribution in [2.45, 2.75) is 52.0 Å². The molecule has 0 atom stereocenters. The van der Waals surface area contributed by atoms with Crippen LogP contribution in [0.4, 0.5) is 5.69 Å². The summed E-state index contributed by atoms with van der Waals surface area (Å²) in [6, 6.07) is 6.73. The Labute approximate surface area is 122 Å². The fraction of sp³-hybridized carbons (Fsp3) is 0.588. The Morgan fingerprint density at radius 1 is 1.25 bits per heavy atom. The third-order valence-electron chi connectivity index (χ3n) is 4.26. The molecule has 1 aromatic carbocycles. The van der Waals surface area contributed by atoms with E-state index in [-0.39, 0.29) is 5.91 Å². The average molecular weight is 274 g/mol. The Morgan fingerprint density at radius 2 is 1.95 bits per heavy atom. The van der Waals surface area contributed by atoms with Crippen LogP contribution >= 0.6 is 0 Å². The monoisotopic (exact) mass is 274 g/mol. The number of rotatable bonds is 4. The van der Waals surface area contributed by atoms with E-state index < -0.39 is 0 Å². The van der Waals surface area contributed by atoms with E-state index in [9.17, 15) is 4.79 Å². The SMILES string of the molecule is Cc1ccc(C)c(NC(=O)CN(C)C2CCCCC2)c1. The predicted octanol–water partition coefficient (Wildman–Crippen LogP) is 3.51. The Hall–Kier alpha value is -1.35. The molecule has 2 rings (SSSR count). The number of carbonyl (C=O) groups is 1. The molecule has 1 saturated carbocycles. The molecule has 1 N–H and O–H groups in total. The predicted molar refractivity (Wildman–Crippen MR) is 84.0 cm³/mol. The number of benzene rings is 1. The van der Waals surface area contributed by atoms with Gasteiger partial charge < -0.3 is 5.32 Å². The van der Waals surface area contributed by atoms with Crippen molar-refractivity contribution in [3.05, 3.63) is 29.3 Å². The van der Waals surface area contributed by atoms with E-state index >= 15 is 0 Å². The van der Waals surface area contributed by atoms with Crippen molar-refractivity contribution < 1.29 is 4.79 Å². The molecule has 0 unspecified atom stereocenters. The number of hydrogen-bond donors (Lipinski definition) is 1. The molecule has 0 bridgehead atoms. The molecule has 3 heteroatoms. The van der Waals surface area contributed by atoms with Gasteiger partial charge in [-0.05, 0) is 50.9 Å². The molecule has 0 spiro atoms. The molecule has 1 aromatic rings. The van der Waals surface area contributed by atoms with Crippen LogP contribution in [0.25, 0.3) is 0 Å². The van der Waals surface area contributed by atoms with Crippen molar-refractivity contribution in [2.75, 3.05) is 18.9 Å². The van der Waals surface area contributed by atoms with E-state index in [0.717, 1.165) is 11.3 Å². The summed E-state index contributed by atoms with van der Waals surface area (Å²) in [5.74, 6) is 0.0896. The zero-order valence-corrected chi connectivity index (χ0v) is 12.9. The number of aryl methyl sites for hydroxylation is 2. The molecular weight excluding hydrogens is 248 g/mol. The molecule has 1 fully saturated rings. The van der Waals surface area contributed by atoms with Crippen LogP contribution in [0.1, 0.15) is 43.2 Å². The summed E-state index contributed by atoms with van der Waals surface area (Å²) in [5.41, 5.74) is 3.22. The first-order valence-corrected chi connectivity index (χ1v) is 7.63. The van der Waals surface area contributed by atoms with Crippen LogP contribution in [0.15, 0.2) is 18.2 Å².